The molecule has 5 rings (SSSR count). The predicted molar refractivity (Wildman–Crippen MR) is 129 cm³/mol. The molecule has 1 saturated heterocycles. The molecule has 0 atom stereocenters. The molecule has 1 amide bonds. The number of carbonyl (C=O) groups excluding carboxylic acids is 1. The third kappa shape index (κ3) is 4.26. The van der Waals surface area contributed by atoms with Crippen molar-refractivity contribution in [2.75, 3.05) is 30.3 Å². The monoisotopic (exact) mass is 434 g/mol. The fraction of sp³-hybridized carbons (Fsp3) is 0.440. The third-order valence-electron chi connectivity index (χ3n) is 6.44. The topological polar surface area (TPSA) is 71.2 Å². The van der Waals surface area contributed by atoms with Crippen LogP contribution in [0.4, 0.5) is 11.4 Å². The number of carbonyl (C=O) groups is 1. The van der Waals surface area contributed by atoms with Gasteiger partial charge in [-0.15, -0.1) is 11.3 Å². The smallest absolute Gasteiger partial charge is 0.263 e. The van der Waals surface area contributed by atoms with E-state index in [-0.39, 0.29) is 5.91 Å². The summed E-state index contributed by atoms with van der Waals surface area (Å²) in [5.41, 5.74) is 11.9. The maximum Gasteiger partial charge on any atom is 0.263 e. The minimum Gasteiger partial charge on any atom is -0.397 e. The molecule has 0 radical (unpaired) electrons. The lowest BCUT2D eigenvalue weighted by Crippen LogP contribution is -2.30. The average molecular weight is 435 g/mol. The summed E-state index contributed by atoms with van der Waals surface area (Å²) in [6.07, 6.45) is 7.39. The Kier molecular flexibility index (Phi) is 5.57. The van der Waals surface area contributed by atoms with Gasteiger partial charge in [0, 0.05) is 36.4 Å². The Hall–Kier alpha value is -2.60. The predicted octanol–water partition coefficient (Wildman–Crippen LogP) is 5.03. The fourth-order valence-electron chi connectivity index (χ4n) is 4.56. The first kappa shape index (κ1) is 20.3. The van der Waals surface area contributed by atoms with Crippen LogP contribution in [0.1, 0.15) is 64.5 Å². The van der Waals surface area contributed by atoms with Crippen LogP contribution in [-0.2, 0) is 6.42 Å². The maximum absolute atomic E-state index is 12.7. The summed E-state index contributed by atoms with van der Waals surface area (Å²) in [4.78, 5) is 21.2. The van der Waals surface area contributed by atoms with Crippen molar-refractivity contribution < 1.29 is 4.79 Å². The van der Waals surface area contributed by atoms with Crippen LogP contribution in [0.15, 0.2) is 30.3 Å². The van der Waals surface area contributed by atoms with E-state index in [2.05, 4.69) is 33.4 Å². The number of nitrogens with zero attached hydrogens (tertiary/aromatic N) is 2. The number of aryl methyl sites for hydroxylation is 1. The van der Waals surface area contributed by atoms with Crippen LogP contribution in [0.2, 0.25) is 0 Å². The van der Waals surface area contributed by atoms with Crippen molar-refractivity contribution in [1.82, 2.24) is 10.3 Å². The van der Waals surface area contributed by atoms with Crippen LogP contribution < -0.4 is 16.0 Å². The van der Waals surface area contributed by atoms with Gasteiger partial charge >= 0.3 is 0 Å². The lowest BCUT2D eigenvalue weighted by molar-refractivity contribution is 0.0959. The number of fused-ring (bicyclic) bond motifs is 1. The summed E-state index contributed by atoms with van der Waals surface area (Å²) >= 11 is 1.37. The van der Waals surface area contributed by atoms with Crippen LogP contribution in [0.5, 0.6) is 0 Å². The van der Waals surface area contributed by atoms with Gasteiger partial charge in [-0.2, -0.15) is 0 Å². The number of piperidine rings is 1. The molecule has 3 heterocycles. The molecule has 1 aliphatic heterocycles. The number of aromatic nitrogens is 1. The normalized spacial score (nSPS) is 16.6. The quantitative estimate of drug-likeness (QED) is 0.571. The van der Waals surface area contributed by atoms with E-state index in [9.17, 15) is 4.79 Å². The number of pyridine rings is 1. The minimum atomic E-state index is -0.106. The number of nitrogens with two attached hydrogens (primary N) is 1. The summed E-state index contributed by atoms with van der Waals surface area (Å²) in [6.45, 7) is 4.91. The number of nitrogens with one attached hydrogen (secondary N) is 1. The number of hydrogen-bond acceptors (Lipinski definition) is 5. The number of hydrogen-bond donors (Lipinski definition) is 2. The van der Waals surface area contributed by atoms with Gasteiger partial charge in [-0.05, 0) is 80.7 Å². The highest BCUT2D eigenvalue weighted by atomic mass is 32.1. The van der Waals surface area contributed by atoms with Crippen molar-refractivity contribution in [3.8, 4) is 0 Å². The maximum atomic E-state index is 12.7. The number of nitrogen functional groups attached to an aromatic ring is 1. The molecule has 1 aromatic carbocycles. The van der Waals surface area contributed by atoms with Crippen LogP contribution in [0.3, 0.4) is 0 Å². The third-order valence-corrected chi connectivity index (χ3v) is 7.56. The van der Waals surface area contributed by atoms with Gasteiger partial charge in [0.05, 0.1) is 5.69 Å². The van der Waals surface area contributed by atoms with Crippen LogP contribution >= 0.6 is 11.3 Å². The summed E-state index contributed by atoms with van der Waals surface area (Å²) in [5, 5.41) is 3.92. The van der Waals surface area contributed by atoms with Gasteiger partial charge < -0.3 is 16.0 Å². The van der Waals surface area contributed by atoms with Crippen molar-refractivity contribution in [1.29, 1.82) is 0 Å². The second-order valence-corrected chi connectivity index (χ2v) is 9.87. The Morgan fingerprint density at radius 3 is 2.77 bits per heavy atom. The number of rotatable bonds is 6. The molecule has 2 fully saturated rings. The Bertz CT molecular complexity index is 1110. The van der Waals surface area contributed by atoms with Crippen LogP contribution in [-0.4, -0.2) is 30.5 Å². The fourth-order valence-corrected chi connectivity index (χ4v) is 5.62. The SMILES string of the molecule is Cc1ccc2c(N)c(C(=O)NCCc3ccc(N4CCCCC4)c(C4CC4)c3)sc2n1. The molecule has 2 aromatic heterocycles. The first-order valence-electron chi connectivity index (χ1n) is 11.4. The highest BCUT2D eigenvalue weighted by molar-refractivity contribution is 7.21. The van der Waals surface area contributed by atoms with Gasteiger partial charge in [0.2, 0.25) is 0 Å². The van der Waals surface area contributed by atoms with E-state index in [4.69, 9.17) is 5.73 Å². The minimum absolute atomic E-state index is 0.106. The van der Waals surface area contributed by atoms with Crippen molar-refractivity contribution in [3.63, 3.8) is 0 Å². The Balaban J connectivity index is 1.25. The van der Waals surface area contributed by atoms with Gasteiger partial charge in [0.15, 0.2) is 0 Å². The van der Waals surface area contributed by atoms with Gasteiger partial charge in [0.1, 0.15) is 9.71 Å². The van der Waals surface area contributed by atoms with E-state index >= 15 is 0 Å². The van der Waals surface area contributed by atoms with E-state index < -0.39 is 0 Å². The van der Waals surface area contributed by atoms with Gasteiger partial charge in [-0.3, -0.25) is 4.79 Å². The van der Waals surface area contributed by atoms with E-state index in [1.807, 2.05) is 19.1 Å². The van der Waals surface area contributed by atoms with Crippen molar-refractivity contribution in [3.05, 3.63) is 52.0 Å². The molecule has 2 aliphatic rings. The molecule has 1 aliphatic carbocycles. The summed E-state index contributed by atoms with van der Waals surface area (Å²) in [5.74, 6) is 0.617. The molecule has 0 spiro atoms. The Morgan fingerprint density at radius 2 is 2.00 bits per heavy atom. The van der Waals surface area contributed by atoms with Crippen LogP contribution in [0, 0.1) is 6.92 Å². The average Bonchev–Trinajstić information content (AvgIpc) is 3.58. The highest BCUT2D eigenvalue weighted by Crippen LogP contribution is 2.45. The van der Waals surface area contributed by atoms with Crippen molar-refractivity contribution in [2.24, 2.45) is 0 Å². The summed E-state index contributed by atoms with van der Waals surface area (Å²) < 4.78 is 0. The molecule has 162 valence electrons. The van der Waals surface area contributed by atoms with E-state index in [1.54, 1.807) is 0 Å². The molecule has 3 aromatic rings. The molecular formula is C25H30N4OS. The number of anilines is 2. The molecule has 0 unspecified atom stereocenters. The molecule has 3 N–H and O–H groups in total. The second kappa shape index (κ2) is 8.50. The van der Waals surface area contributed by atoms with Crippen molar-refractivity contribution in [2.45, 2.75) is 51.4 Å². The van der Waals surface area contributed by atoms with E-state index in [0.29, 0.717) is 17.1 Å². The van der Waals surface area contributed by atoms with Crippen molar-refractivity contribution >= 4 is 38.8 Å². The lowest BCUT2D eigenvalue weighted by atomic mass is 10.00. The standard InChI is InChI=1S/C25H30N4OS/c1-16-5-9-19-22(26)23(31-25(19)28-16)24(30)27-12-11-17-6-10-21(20(15-17)18-7-8-18)29-13-3-2-4-14-29/h5-6,9-10,15,18H,2-4,7-8,11-14,26H2,1H3,(H,27,30). The number of thiophene rings is 1. The molecule has 0 bridgehead atoms. The summed E-state index contributed by atoms with van der Waals surface area (Å²) in [6, 6.07) is 10.8. The second-order valence-electron chi connectivity index (χ2n) is 8.87. The van der Waals surface area contributed by atoms with E-state index in [0.717, 1.165) is 28.2 Å². The Morgan fingerprint density at radius 1 is 1.19 bits per heavy atom. The lowest BCUT2D eigenvalue weighted by Gasteiger charge is -2.31. The molecule has 31 heavy (non-hydrogen) atoms. The van der Waals surface area contributed by atoms with Gasteiger partial charge in [-0.25, -0.2) is 4.98 Å². The molecular weight excluding hydrogens is 404 g/mol. The number of amides is 1. The van der Waals surface area contributed by atoms with Gasteiger partial charge in [-0.1, -0.05) is 12.1 Å². The zero-order chi connectivity index (χ0) is 21.4. The molecule has 5 nitrogen and oxygen atoms in total. The first-order chi connectivity index (χ1) is 15.1. The zero-order valence-electron chi connectivity index (χ0n) is 18.1. The Labute approximate surface area is 187 Å². The van der Waals surface area contributed by atoms with Gasteiger partial charge in [0.25, 0.3) is 5.91 Å². The number of benzene rings is 1. The summed E-state index contributed by atoms with van der Waals surface area (Å²) in [7, 11) is 0. The van der Waals surface area contributed by atoms with Crippen LogP contribution in [0.25, 0.3) is 10.2 Å². The first-order valence-corrected chi connectivity index (χ1v) is 12.2. The zero-order valence-corrected chi connectivity index (χ0v) is 18.9. The molecule has 1 saturated carbocycles. The highest BCUT2D eigenvalue weighted by Gasteiger charge is 2.28. The van der Waals surface area contributed by atoms with E-state index in [1.165, 1.54) is 73.3 Å². The largest absolute Gasteiger partial charge is 0.397 e. The molecule has 6 heteroatoms.